The van der Waals surface area contributed by atoms with E-state index in [2.05, 4.69) is 5.32 Å². The molecule has 0 unspecified atom stereocenters. The highest BCUT2D eigenvalue weighted by molar-refractivity contribution is 6.08. The van der Waals surface area contributed by atoms with Crippen LogP contribution in [0.1, 0.15) is 11.1 Å². The Kier molecular flexibility index (Phi) is 5.06. The predicted molar refractivity (Wildman–Crippen MR) is 83.9 cm³/mol. The number of carbonyl (C=O) groups is 2. The molecule has 3 N–H and O–H groups in total. The van der Waals surface area contributed by atoms with E-state index in [4.69, 9.17) is 9.84 Å². The number of esters is 1. The van der Waals surface area contributed by atoms with E-state index in [1.165, 1.54) is 24.1 Å². The first kappa shape index (κ1) is 17.3. The van der Waals surface area contributed by atoms with Crippen LogP contribution < -0.4 is 5.32 Å². The molecular weight excluding hydrogens is 314 g/mol. The first-order valence-corrected chi connectivity index (χ1v) is 7.15. The Morgan fingerprint density at radius 1 is 1.50 bits per heavy atom. The Hall–Kier alpha value is -3.05. The van der Waals surface area contributed by atoms with Gasteiger partial charge in [-0.25, -0.2) is 4.79 Å². The van der Waals surface area contributed by atoms with Gasteiger partial charge in [0, 0.05) is 12.1 Å². The predicted octanol–water partition coefficient (Wildman–Crippen LogP) is 0.246. The molecule has 0 radical (unpaired) electrons. The van der Waals surface area contributed by atoms with Crippen LogP contribution in [-0.2, 0) is 14.3 Å². The molecule has 0 aliphatic carbocycles. The van der Waals surface area contributed by atoms with Crippen LogP contribution in [0.15, 0.2) is 23.4 Å². The summed E-state index contributed by atoms with van der Waals surface area (Å²) < 4.78 is 4.69. The van der Waals surface area contributed by atoms with Crippen molar-refractivity contribution in [1.29, 1.82) is 5.26 Å². The van der Waals surface area contributed by atoms with Gasteiger partial charge in [-0.05, 0) is 19.1 Å². The number of hydrogen-bond donors (Lipinski definition) is 3. The average molecular weight is 331 g/mol. The number of methoxy groups -OCH3 is 1. The van der Waals surface area contributed by atoms with Gasteiger partial charge in [0.1, 0.15) is 17.5 Å². The normalized spacial score (nSPS) is 13.9. The molecule has 0 saturated heterocycles. The molecule has 126 valence electrons. The van der Waals surface area contributed by atoms with E-state index < -0.39 is 11.9 Å². The molecule has 1 aliphatic rings. The fourth-order valence-electron chi connectivity index (χ4n) is 2.43. The van der Waals surface area contributed by atoms with E-state index in [1.807, 2.05) is 6.07 Å². The van der Waals surface area contributed by atoms with Gasteiger partial charge in [-0.15, -0.1) is 0 Å². The summed E-state index contributed by atoms with van der Waals surface area (Å²) >= 11 is 0. The Bertz CT molecular complexity index is 764. The number of β-amino-alcohol motifs (C(OH)–C–C–N with tert-alkyl or cyclic N) is 1. The molecule has 2 rings (SSSR count). The van der Waals surface area contributed by atoms with E-state index in [0.717, 1.165) is 0 Å². The molecule has 1 amide bonds. The van der Waals surface area contributed by atoms with Crippen molar-refractivity contribution in [2.45, 2.75) is 6.92 Å². The highest BCUT2D eigenvalue weighted by atomic mass is 16.5. The summed E-state index contributed by atoms with van der Waals surface area (Å²) in [6.07, 6.45) is 0. The Balaban J connectivity index is 2.49. The number of aromatic hydroxyl groups is 1. The molecule has 8 nitrogen and oxygen atoms in total. The minimum Gasteiger partial charge on any atom is -0.508 e. The molecule has 1 aromatic carbocycles. The number of nitriles is 1. The average Bonchev–Trinajstić information content (AvgIpc) is 2.88. The summed E-state index contributed by atoms with van der Waals surface area (Å²) in [6.45, 7) is 1.40. The van der Waals surface area contributed by atoms with Gasteiger partial charge in [0.2, 0.25) is 0 Å². The zero-order valence-electron chi connectivity index (χ0n) is 13.3. The van der Waals surface area contributed by atoms with Crippen LogP contribution in [0.5, 0.6) is 5.75 Å². The van der Waals surface area contributed by atoms with Crippen molar-refractivity contribution < 1.29 is 24.5 Å². The maximum Gasteiger partial charge on any atom is 0.337 e. The number of hydrogen-bond acceptors (Lipinski definition) is 7. The van der Waals surface area contributed by atoms with Crippen LogP contribution >= 0.6 is 0 Å². The van der Waals surface area contributed by atoms with Gasteiger partial charge in [0.05, 0.1) is 37.1 Å². The lowest BCUT2D eigenvalue weighted by molar-refractivity contribution is -0.136. The van der Waals surface area contributed by atoms with Crippen LogP contribution in [0.4, 0.5) is 5.69 Å². The summed E-state index contributed by atoms with van der Waals surface area (Å²) in [7, 11) is 1.20. The van der Waals surface area contributed by atoms with Crippen molar-refractivity contribution in [3.8, 4) is 11.8 Å². The molecule has 0 fully saturated rings. The van der Waals surface area contributed by atoms with E-state index in [1.54, 1.807) is 6.92 Å². The molecular formula is C16H17N3O5. The minimum atomic E-state index is -0.678. The lowest BCUT2D eigenvalue weighted by Gasteiger charge is -2.16. The zero-order chi connectivity index (χ0) is 17.9. The maximum atomic E-state index is 12.5. The number of rotatable bonds is 5. The van der Waals surface area contributed by atoms with Gasteiger partial charge in [-0.3, -0.25) is 4.79 Å². The number of nitrogens with zero attached hydrogens (tertiary/aromatic N) is 2. The molecule has 1 heterocycles. The van der Waals surface area contributed by atoms with E-state index in [0.29, 0.717) is 5.56 Å². The Morgan fingerprint density at radius 3 is 2.79 bits per heavy atom. The number of ether oxygens (including phenoxy) is 1. The largest absolute Gasteiger partial charge is 0.508 e. The number of carbonyl (C=O) groups excluding carboxylic acids is 2. The standard InChI is InChI=1S/C16H17N3O5/c1-9-12(21)4-3-10(7-17)13(9)18-14-11(16(23)24-2)8-19(5-6-20)15(14)22/h3-4,18,20-21H,5-6,8H2,1-2H3. The second-order valence-corrected chi connectivity index (χ2v) is 5.16. The van der Waals surface area contributed by atoms with Gasteiger partial charge in [0.15, 0.2) is 0 Å². The van der Waals surface area contributed by atoms with Crippen molar-refractivity contribution in [3.05, 3.63) is 34.5 Å². The molecule has 0 saturated carbocycles. The van der Waals surface area contributed by atoms with Gasteiger partial charge < -0.3 is 25.2 Å². The third-order valence-corrected chi connectivity index (χ3v) is 3.76. The molecule has 1 aliphatic heterocycles. The lowest BCUT2D eigenvalue weighted by Crippen LogP contribution is -2.31. The van der Waals surface area contributed by atoms with E-state index in [9.17, 15) is 20.0 Å². The molecule has 0 atom stereocenters. The summed E-state index contributed by atoms with van der Waals surface area (Å²) in [4.78, 5) is 25.7. The van der Waals surface area contributed by atoms with Crippen LogP contribution in [0, 0.1) is 18.3 Å². The van der Waals surface area contributed by atoms with Crippen molar-refractivity contribution >= 4 is 17.6 Å². The summed E-state index contributed by atoms with van der Waals surface area (Å²) in [5.41, 5.74) is 0.908. The highest BCUT2D eigenvalue weighted by Gasteiger charge is 2.35. The molecule has 0 spiro atoms. The van der Waals surface area contributed by atoms with E-state index in [-0.39, 0.29) is 48.0 Å². The monoisotopic (exact) mass is 331 g/mol. The maximum absolute atomic E-state index is 12.5. The number of nitrogens with one attached hydrogen (secondary N) is 1. The van der Waals surface area contributed by atoms with Crippen LogP contribution in [0.3, 0.4) is 0 Å². The Morgan fingerprint density at radius 2 is 2.21 bits per heavy atom. The van der Waals surface area contributed by atoms with Crippen molar-refractivity contribution in [1.82, 2.24) is 4.90 Å². The molecule has 24 heavy (non-hydrogen) atoms. The number of anilines is 1. The summed E-state index contributed by atoms with van der Waals surface area (Å²) in [6, 6.07) is 4.76. The second kappa shape index (κ2) is 7.02. The van der Waals surface area contributed by atoms with Gasteiger partial charge in [0.25, 0.3) is 5.91 Å². The van der Waals surface area contributed by atoms with Crippen LogP contribution in [-0.4, -0.2) is 53.8 Å². The number of benzene rings is 1. The molecule has 8 heteroatoms. The van der Waals surface area contributed by atoms with Gasteiger partial charge >= 0.3 is 5.97 Å². The van der Waals surface area contributed by atoms with Gasteiger partial charge in [-0.1, -0.05) is 0 Å². The SMILES string of the molecule is COC(=O)C1=C(Nc2c(C#N)ccc(O)c2C)C(=O)N(CCO)C1. The van der Waals surface area contributed by atoms with Gasteiger partial charge in [-0.2, -0.15) is 5.26 Å². The molecule has 1 aromatic rings. The first-order valence-electron chi connectivity index (χ1n) is 7.15. The number of phenols is 1. The quantitative estimate of drug-likeness (QED) is 0.661. The minimum absolute atomic E-state index is 0.00580. The fourth-order valence-corrected chi connectivity index (χ4v) is 2.43. The number of aliphatic hydroxyl groups excluding tert-OH is 1. The van der Waals surface area contributed by atoms with Crippen molar-refractivity contribution in [2.24, 2.45) is 0 Å². The molecule has 0 aromatic heterocycles. The van der Waals surface area contributed by atoms with Crippen LogP contribution in [0.25, 0.3) is 0 Å². The smallest absolute Gasteiger partial charge is 0.337 e. The molecule has 0 bridgehead atoms. The summed E-state index contributed by atoms with van der Waals surface area (Å²) in [5.74, 6) is -1.21. The third kappa shape index (κ3) is 3.02. The number of phenolic OH excluding ortho intramolecular Hbond substituents is 1. The van der Waals surface area contributed by atoms with Crippen molar-refractivity contribution in [2.75, 3.05) is 32.1 Å². The Labute approximate surface area is 138 Å². The number of amides is 1. The van der Waals surface area contributed by atoms with E-state index >= 15 is 0 Å². The van der Waals surface area contributed by atoms with Crippen LogP contribution in [0.2, 0.25) is 0 Å². The highest BCUT2D eigenvalue weighted by Crippen LogP contribution is 2.31. The lowest BCUT2D eigenvalue weighted by atomic mass is 10.1. The van der Waals surface area contributed by atoms with Crippen molar-refractivity contribution in [3.63, 3.8) is 0 Å². The third-order valence-electron chi connectivity index (χ3n) is 3.76. The fraction of sp³-hybridized carbons (Fsp3) is 0.312. The second-order valence-electron chi connectivity index (χ2n) is 5.16. The number of aliphatic hydroxyl groups is 1. The first-order chi connectivity index (χ1) is 11.4. The zero-order valence-corrected chi connectivity index (χ0v) is 13.3. The summed E-state index contributed by atoms with van der Waals surface area (Å²) in [5, 5.41) is 30.9. The topological polar surface area (TPSA) is 123 Å².